The Morgan fingerprint density at radius 1 is 1.14 bits per heavy atom. The smallest absolute Gasteiger partial charge is 0.320 e. The number of hydrogen-bond donors (Lipinski definition) is 1. The van der Waals surface area contributed by atoms with E-state index < -0.39 is 0 Å². The average molecular weight is 391 g/mol. The van der Waals surface area contributed by atoms with Crippen molar-refractivity contribution in [3.63, 3.8) is 0 Å². The Labute approximate surface area is 169 Å². The van der Waals surface area contributed by atoms with E-state index in [1.807, 2.05) is 49.8 Å². The number of anilines is 1. The zero-order valence-corrected chi connectivity index (χ0v) is 16.7. The number of nitrogens with zero attached hydrogens (tertiary/aromatic N) is 6. The van der Waals surface area contributed by atoms with Gasteiger partial charge in [-0.1, -0.05) is 43.7 Å². The Bertz CT molecular complexity index is 1060. The number of imidazole rings is 1. The van der Waals surface area contributed by atoms with Gasteiger partial charge >= 0.3 is 6.01 Å². The molecule has 0 atom stereocenters. The lowest BCUT2D eigenvalue weighted by Crippen LogP contribution is -2.25. The Kier molecular flexibility index (Phi) is 5.41. The molecule has 2 N–H and O–H groups in total. The molecule has 0 spiro atoms. The third kappa shape index (κ3) is 3.91. The molecule has 0 fully saturated rings. The number of likely N-dealkylation sites (N-methyl/N-ethyl adjacent to an activating group) is 1. The van der Waals surface area contributed by atoms with Gasteiger partial charge in [0.15, 0.2) is 17.0 Å². The molecule has 8 heteroatoms. The summed E-state index contributed by atoms with van der Waals surface area (Å²) in [5.74, 6) is 1.11. The third-order valence-corrected chi connectivity index (χ3v) is 4.86. The highest BCUT2D eigenvalue weighted by Crippen LogP contribution is 2.29. The summed E-state index contributed by atoms with van der Waals surface area (Å²) in [6.45, 7) is 4.00. The molecule has 0 radical (unpaired) electrons. The van der Waals surface area contributed by atoms with Gasteiger partial charge in [0.1, 0.15) is 5.82 Å². The number of hydrogen-bond acceptors (Lipinski definition) is 7. The van der Waals surface area contributed by atoms with Crippen LogP contribution in [0.2, 0.25) is 0 Å². The summed E-state index contributed by atoms with van der Waals surface area (Å²) in [6.07, 6.45) is 5.72. The number of ether oxygens (including phenoxy) is 1. The van der Waals surface area contributed by atoms with Gasteiger partial charge in [-0.15, -0.1) is 0 Å². The molecule has 0 amide bonds. The fourth-order valence-electron chi connectivity index (χ4n) is 3.18. The maximum Gasteiger partial charge on any atom is 0.320 e. The number of rotatable bonds is 7. The molecule has 0 saturated carbocycles. The van der Waals surface area contributed by atoms with E-state index in [4.69, 9.17) is 15.5 Å². The molecule has 4 rings (SSSR count). The van der Waals surface area contributed by atoms with Crippen LogP contribution in [0.5, 0.6) is 6.01 Å². The molecule has 1 aliphatic rings. The monoisotopic (exact) mass is 391 g/mol. The van der Waals surface area contributed by atoms with Gasteiger partial charge in [0.25, 0.3) is 0 Å². The van der Waals surface area contributed by atoms with Crippen LogP contribution in [-0.4, -0.2) is 50.8 Å². The van der Waals surface area contributed by atoms with E-state index in [2.05, 4.69) is 31.4 Å². The molecule has 1 aliphatic heterocycles. The predicted octanol–water partition coefficient (Wildman–Crippen LogP) is 3.11. The molecule has 3 heterocycles. The number of benzene rings is 1. The van der Waals surface area contributed by atoms with Gasteiger partial charge in [0, 0.05) is 25.0 Å². The maximum absolute atomic E-state index is 6.23. The topological polar surface area (TPSA) is 94.5 Å². The molecule has 0 aliphatic carbocycles. The minimum absolute atomic E-state index is 0.285. The van der Waals surface area contributed by atoms with Crippen LogP contribution in [-0.2, 0) is 6.54 Å². The summed E-state index contributed by atoms with van der Waals surface area (Å²) in [7, 11) is 2.04. The van der Waals surface area contributed by atoms with Gasteiger partial charge in [0.05, 0.1) is 25.4 Å². The Morgan fingerprint density at radius 3 is 2.72 bits per heavy atom. The lowest BCUT2D eigenvalue weighted by atomic mass is 10.2. The quantitative estimate of drug-likeness (QED) is 0.622. The van der Waals surface area contributed by atoms with Gasteiger partial charge in [-0.05, 0) is 6.42 Å². The zero-order chi connectivity index (χ0) is 20.2. The SMILES string of the molecule is CCCCOc1nc(N)c2nc(-c3ccccc3)n(CC3=CN=CCN3C)c2n1. The number of aliphatic imine (C=N–C) groups is 1. The largest absolute Gasteiger partial charge is 0.463 e. The number of fused-ring (bicyclic) bond motifs is 1. The fourth-order valence-corrected chi connectivity index (χ4v) is 3.18. The first kappa shape index (κ1) is 18.9. The van der Waals surface area contributed by atoms with Crippen molar-refractivity contribution in [2.45, 2.75) is 26.3 Å². The van der Waals surface area contributed by atoms with Crippen molar-refractivity contribution in [2.75, 3.05) is 25.9 Å². The van der Waals surface area contributed by atoms with Crippen molar-refractivity contribution in [2.24, 2.45) is 4.99 Å². The highest BCUT2D eigenvalue weighted by Gasteiger charge is 2.20. The number of aromatic nitrogens is 4. The number of allylic oxidation sites excluding steroid dienone is 1. The van der Waals surface area contributed by atoms with E-state index in [9.17, 15) is 0 Å². The molecule has 3 aromatic rings. The Hall–Kier alpha value is -3.42. The van der Waals surface area contributed by atoms with Crippen LogP contribution in [0.4, 0.5) is 5.82 Å². The summed E-state index contributed by atoms with van der Waals surface area (Å²) in [5, 5.41) is 0. The first-order valence-electron chi connectivity index (χ1n) is 9.81. The van der Waals surface area contributed by atoms with Gasteiger partial charge in [-0.25, -0.2) is 4.98 Å². The lowest BCUT2D eigenvalue weighted by Gasteiger charge is -2.23. The second kappa shape index (κ2) is 8.30. The van der Waals surface area contributed by atoms with Crippen molar-refractivity contribution in [1.82, 2.24) is 24.4 Å². The summed E-state index contributed by atoms with van der Waals surface area (Å²) >= 11 is 0. The second-order valence-corrected chi connectivity index (χ2v) is 6.99. The summed E-state index contributed by atoms with van der Waals surface area (Å²) < 4.78 is 7.78. The van der Waals surface area contributed by atoms with E-state index in [1.165, 1.54) is 0 Å². The standard InChI is InChI=1S/C21H25N7O/c1-3-4-12-29-21-25-18(22)17-20(26-21)28(14-16-13-23-10-11-27(16)2)19(24-17)15-8-6-5-7-9-15/h5-10,13H,3-4,11-12,14H2,1-2H3,(H2,22,25,26). The zero-order valence-electron chi connectivity index (χ0n) is 16.7. The van der Waals surface area contributed by atoms with Gasteiger partial charge in [0.2, 0.25) is 0 Å². The maximum atomic E-state index is 6.23. The van der Waals surface area contributed by atoms with Crippen LogP contribution in [0.3, 0.4) is 0 Å². The number of nitrogen functional groups attached to an aromatic ring is 1. The molecular formula is C21H25N7O. The molecule has 150 valence electrons. The molecule has 29 heavy (non-hydrogen) atoms. The summed E-state index contributed by atoms with van der Waals surface area (Å²) in [4.78, 5) is 20.2. The van der Waals surface area contributed by atoms with Gasteiger partial charge in [-0.2, -0.15) is 9.97 Å². The molecule has 1 aromatic carbocycles. The minimum Gasteiger partial charge on any atom is -0.463 e. The van der Waals surface area contributed by atoms with Crippen LogP contribution in [0.1, 0.15) is 19.8 Å². The van der Waals surface area contributed by atoms with Crippen molar-refractivity contribution in [3.05, 3.63) is 42.2 Å². The van der Waals surface area contributed by atoms with Crippen LogP contribution in [0.25, 0.3) is 22.6 Å². The highest BCUT2D eigenvalue weighted by molar-refractivity contribution is 5.86. The molecule has 0 saturated heterocycles. The molecular weight excluding hydrogens is 366 g/mol. The molecule has 0 bridgehead atoms. The summed E-state index contributed by atoms with van der Waals surface area (Å²) in [5.41, 5.74) is 9.51. The first-order valence-corrected chi connectivity index (χ1v) is 9.81. The van der Waals surface area contributed by atoms with Crippen molar-refractivity contribution >= 4 is 23.2 Å². The Morgan fingerprint density at radius 2 is 1.97 bits per heavy atom. The van der Waals surface area contributed by atoms with Crippen LogP contribution >= 0.6 is 0 Å². The minimum atomic E-state index is 0.285. The van der Waals surface area contributed by atoms with E-state index in [-0.39, 0.29) is 6.01 Å². The van der Waals surface area contributed by atoms with Crippen molar-refractivity contribution in [3.8, 4) is 17.4 Å². The molecule has 0 unspecified atom stereocenters. The van der Waals surface area contributed by atoms with E-state index in [0.29, 0.717) is 30.1 Å². The lowest BCUT2D eigenvalue weighted by molar-refractivity contribution is 0.286. The highest BCUT2D eigenvalue weighted by atomic mass is 16.5. The van der Waals surface area contributed by atoms with Crippen LogP contribution in [0.15, 0.2) is 47.2 Å². The average Bonchev–Trinajstić information content (AvgIpc) is 3.10. The molecule has 8 nitrogen and oxygen atoms in total. The predicted molar refractivity (Wildman–Crippen MR) is 115 cm³/mol. The van der Waals surface area contributed by atoms with E-state index in [1.54, 1.807) is 0 Å². The molecule has 2 aromatic heterocycles. The summed E-state index contributed by atoms with van der Waals surface area (Å²) in [6, 6.07) is 10.3. The second-order valence-electron chi connectivity index (χ2n) is 6.99. The van der Waals surface area contributed by atoms with Crippen LogP contribution in [0, 0.1) is 0 Å². The van der Waals surface area contributed by atoms with Gasteiger partial charge in [-0.3, -0.25) is 4.99 Å². The van der Waals surface area contributed by atoms with Crippen LogP contribution < -0.4 is 10.5 Å². The fraction of sp³-hybridized carbons (Fsp3) is 0.333. The van der Waals surface area contributed by atoms with Gasteiger partial charge < -0.3 is 19.9 Å². The third-order valence-electron chi connectivity index (χ3n) is 4.86. The Balaban J connectivity index is 1.83. The normalized spacial score (nSPS) is 13.7. The van der Waals surface area contributed by atoms with E-state index in [0.717, 1.165) is 36.5 Å². The number of nitrogens with two attached hydrogens (primary N) is 1. The number of unbranched alkanes of at least 4 members (excludes halogenated alkanes) is 1. The first-order chi connectivity index (χ1) is 14.2. The van der Waals surface area contributed by atoms with Crippen molar-refractivity contribution in [1.29, 1.82) is 0 Å². The van der Waals surface area contributed by atoms with Crippen molar-refractivity contribution < 1.29 is 4.74 Å². The van der Waals surface area contributed by atoms with E-state index >= 15 is 0 Å².